The van der Waals surface area contributed by atoms with E-state index < -0.39 is 0 Å². The van der Waals surface area contributed by atoms with Crippen molar-refractivity contribution in [2.45, 2.75) is 38.0 Å². The Labute approximate surface area is 90.2 Å². The van der Waals surface area contributed by atoms with Crippen molar-refractivity contribution < 1.29 is 9.59 Å². The molecule has 14 heavy (non-hydrogen) atoms. The fraction of sp³-hybridized carbons (Fsp3) is 0.800. The van der Waals surface area contributed by atoms with E-state index in [1.807, 2.05) is 20.1 Å². The molecule has 0 aromatic heterocycles. The largest absolute Gasteiger partial charge is 0.342 e. The van der Waals surface area contributed by atoms with E-state index in [1.54, 1.807) is 11.9 Å². The van der Waals surface area contributed by atoms with Gasteiger partial charge in [0.25, 0.3) is 0 Å². The average molecular weight is 217 g/mol. The molecule has 0 rings (SSSR count). The molecule has 0 aliphatic rings. The maximum atomic E-state index is 11.8. The van der Waals surface area contributed by atoms with E-state index in [2.05, 4.69) is 0 Å². The summed E-state index contributed by atoms with van der Waals surface area (Å²) in [5.74, 6) is 0.0546. The number of hydrogen-bond acceptors (Lipinski definition) is 3. The van der Waals surface area contributed by atoms with Crippen LogP contribution in [0, 0.1) is 0 Å². The predicted octanol–water partition coefficient (Wildman–Crippen LogP) is 1.56. The molecule has 0 aromatic carbocycles. The molecule has 0 aliphatic heterocycles. The lowest BCUT2D eigenvalue weighted by atomic mass is 10.2. The Morgan fingerprint density at radius 3 is 2.50 bits per heavy atom. The number of nitrogens with zero attached hydrogens (tertiary/aromatic N) is 1. The highest BCUT2D eigenvalue weighted by Gasteiger charge is 2.22. The van der Waals surface area contributed by atoms with Crippen molar-refractivity contribution in [2.75, 3.05) is 13.3 Å². The van der Waals surface area contributed by atoms with E-state index in [1.165, 1.54) is 11.8 Å². The summed E-state index contributed by atoms with van der Waals surface area (Å²) in [6, 6.07) is 0.240. The molecule has 0 saturated heterocycles. The van der Waals surface area contributed by atoms with E-state index in [9.17, 15) is 9.59 Å². The summed E-state index contributed by atoms with van der Waals surface area (Å²) < 4.78 is 0. The van der Waals surface area contributed by atoms with Gasteiger partial charge in [0, 0.05) is 19.5 Å². The van der Waals surface area contributed by atoms with Crippen molar-refractivity contribution in [3.05, 3.63) is 0 Å². The smallest absolute Gasteiger partial charge is 0.236 e. The molecule has 0 aliphatic carbocycles. The van der Waals surface area contributed by atoms with Crippen molar-refractivity contribution in [3.63, 3.8) is 0 Å². The van der Waals surface area contributed by atoms with E-state index in [4.69, 9.17) is 0 Å². The van der Waals surface area contributed by atoms with Crippen LogP contribution >= 0.6 is 11.8 Å². The molecule has 0 N–H and O–H groups in total. The molecule has 0 heterocycles. The van der Waals surface area contributed by atoms with Crippen LogP contribution in [0.15, 0.2) is 0 Å². The highest BCUT2D eigenvalue weighted by molar-refractivity contribution is 7.99. The van der Waals surface area contributed by atoms with Gasteiger partial charge in [0.15, 0.2) is 0 Å². The Morgan fingerprint density at radius 1 is 1.57 bits per heavy atom. The number of rotatable bonds is 6. The van der Waals surface area contributed by atoms with Crippen molar-refractivity contribution >= 4 is 24.0 Å². The van der Waals surface area contributed by atoms with Crippen molar-refractivity contribution in [1.82, 2.24) is 4.90 Å². The number of amides is 1. The Balaban J connectivity index is 4.33. The van der Waals surface area contributed by atoms with E-state index in [-0.39, 0.29) is 17.2 Å². The van der Waals surface area contributed by atoms with Gasteiger partial charge >= 0.3 is 0 Å². The number of thioether (sulfide) groups is 1. The van der Waals surface area contributed by atoms with Gasteiger partial charge in [-0.05, 0) is 19.6 Å². The molecule has 0 bridgehead atoms. The first-order valence-corrected chi connectivity index (χ1v) is 6.10. The summed E-state index contributed by atoms with van der Waals surface area (Å²) in [5.41, 5.74) is 0. The second-order valence-corrected chi connectivity index (χ2v) is 4.37. The molecule has 82 valence electrons. The minimum Gasteiger partial charge on any atom is -0.342 e. The maximum absolute atomic E-state index is 11.8. The van der Waals surface area contributed by atoms with Crippen molar-refractivity contribution in [2.24, 2.45) is 0 Å². The standard InChI is InChI=1S/C10H19NO2S/c1-5-8(2)11(3)10(13)9(14-4)6-7-12/h7-9H,5-6H2,1-4H3. The summed E-state index contributed by atoms with van der Waals surface area (Å²) in [5, 5.41) is -0.216. The van der Waals surface area contributed by atoms with Gasteiger partial charge in [-0.3, -0.25) is 4.79 Å². The molecule has 3 nitrogen and oxygen atoms in total. The van der Waals surface area contributed by atoms with Gasteiger partial charge in [-0.25, -0.2) is 0 Å². The molecule has 2 unspecified atom stereocenters. The monoisotopic (exact) mass is 217 g/mol. The lowest BCUT2D eigenvalue weighted by Crippen LogP contribution is -2.40. The zero-order valence-corrected chi connectivity index (χ0v) is 10.1. The SMILES string of the molecule is CCC(C)N(C)C(=O)C(CC=O)SC. The molecular formula is C10H19NO2S. The van der Waals surface area contributed by atoms with Crippen LogP contribution in [0.5, 0.6) is 0 Å². The van der Waals surface area contributed by atoms with Crippen LogP contribution in [0.3, 0.4) is 0 Å². The van der Waals surface area contributed by atoms with Gasteiger partial charge in [0.2, 0.25) is 5.91 Å². The van der Waals surface area contributed by atoms with Gasteiger partial charge in [0.1, 0.15) is 6.29 Å². The van der Waals surface area contributed by atoms with E-state index >= 15 is 0 Å². The topological polar surface area (TPSA) is 37.4 Å². The minimum absolute atomic E-state index is 0.0546. The second kappa shape index (κ2) is 6.87. The quantitative estimate of drug-likeness (QED) is 0.634. The van der Waals surface area contributed by atoms with Crippen LogP contribution in [0.4, 0.5) is 0 Å². The zero-order chi connectivity index (χ0) is 11.1. The predicted molar refractivity (Wildman–Crippen MR) is 60.5 cm³/mol. The first-order chi connectivity index (χ1) is 6.58. The van der Waals surface area contributed by atoms with Crippen LogP contribution in [0.2, 0.25) is 0 Å². The number of carbonyl (C=O) groups excluding carboxylic acids is 2. The number of hydrogen-bond donors (Lipinski definition) is 0. The molecule has 1 amide bonds. The summed E-state index contributed by atoms with van der Waals surface area (Å²) in [7, 11) is 1.80. The Bertz CT molecular complexity index is 197. The van der Waals surface area contributed by atoms with E-state index in [0.29, 0.717) is 6.42 Å². The fourth-order valence-electron chi connectivity index (χ4n) is 1.10. The molecule has 0 fully saturated rings. The molecule has 2 atom stereocenters. The van der Waals surface area contributed by atoms with Crippen LogP contribution < -0.4 is 0 Å². The Hall–Kier alpha value is -0.510. The number of carbonyl (C=O) groups is 2. The van der Waals surface area contributed by atoms with Crippen LogP contribution in [-0.4, -0.2) is 41.7 Å². The lowest BCUT2D eigenvalue weighted by molar-refractivity contribution is -0.132. The molecule has 0 radical (unpaired) electrons. The van der Waals surface area contributed by atoms with Crippen molar-refractivity contribution in [1.29, 1.82) is 0 Å². The molecule has 4 heteroatoms. The van der Waals surface area contributed by atoms with Gasteiger partial charge in [-0.2, -0.15) is 11.8 Å². The third-order valence-electron chi connectivity index (χ3n) is 2.47. The molecule has 0 aromatic rings. The summed E-state index contributed by atoms with van der Waals surface area (Å²) in [6.07, 6.45) is 3.91. The van der Waals surface area contributed by atoms with Crippen LogP contribution in [0.1, 0.15) is 26.7 Å². The molecule has 0 saturated carbocycles. The zero-order valence-electron chi connectivity index (χ0n) is 9.32. The van der Waals surface area contributed by atoms with Gasteiger partial charge in [-0.15, -0.1) is 0 Å². The maximum Gasteiger partial charge on any atom is 0.236 e. The molecular weight excluding hydrogens is 198 g/mol. The minimum atomic E-state index is -0.216. The first-order valence-electron chi connectivity index (χ1n) is 4.81. The van der Waals surface area contributed by atoms with Crippen molar-refractivity contribution in [3.8, 4) is 0 Å². The first kappa shape index (κ1) is 13.5. The highest BCUT2D eigenvalue weighted by Crippen LogP contribution is 2.14. The third kappa shape index (κ3) is 3.70. The normalized spacial score (nSPS) is 14.6. The highest BCUT2D eigenvalue weighted by atomic mass is 32.2. The average Bonchev–Trinajstić information content (AvgIpc) is 2.22. The van der Waals surface area contributed by atoms with Crippen LogP contribution in [0.25, 0.3) is 0 Å². The van der Waals surface area contributed by atoms with Gasteiger partial charge in [0.05, 0.1) is 5.25 Å². The Kier molecular flexibility index (Phi) is 6.62. The lowest BCUT2D eigenvalue weighted by Gasteiger charge is -2.26. The molecule has 0 spiro atoms. The van der Waals surface area contributed by atoms with E-state index in [0.717, 1.165) is 12.7 Å². The summed E-state index contributed by atoms with van der Waals surface area (Å²) >= 11 is 1.44. The Morgan fingerprint density at radius 2 is 2.14 bits per heavy atom. The van der Waals surface area contributed by atoms with Gasteiger partial charge < -0.3 is 9.69 Å². The fourth-order valence-corrected chi connectivity index (χ4v) is 1.74. The number of aldehydes is 1. The summed E-state index contributed by atoms with van der Waals surface area (Å²) in [4.78, 5) is 23.9. The van der Waals surface area contributed by atoms with Crippen LogP contribution in [-0.2, 0) is 9.59 Å². The second-order valence-electron chi connectivity index (χ2n) is 3.33. The third-order valence-corrected chi connectivity index (χ3v) is 3.43. The summed E-state index contributed by atoms with van der Waals surface area (Å²) in [6.45, 7) is 4.05. The van der Waals surface area contributed by atoms with Gasteiger partial charge in [-0.1, -0.05) is 6.92 Å².